The van der Waals surface area contributed by atoms with E-state index in [2.05, 4.69) is 11.9 Å². The summed E-state index contributed by atoms with van der Waals surface area (Å²) in [6.45, 7) is 4.97. The standard InChI is InChI=1S/C12H19NO4/c1-8(2)17-12(16)13-10(11(14)15)9-6-4-3-5-7-9/h9-10H,1,3-7H2,2H3,(H,13,16)(H,14,15). The highest BCUT2D eigenvalue weighted by Crippen LogP contribution is 2.26. The Morgan fingerprint density at radius 2 is 1.94 bits per heavy atom. The molecule has 1 aliphatic carbocycles. The molecular formula is C12H19NO4. The van der Waals surface area contributed by atoms with Crippen LogP contribution in [0.5, 0.6) is 0 Å². The van der Waals surface area contributed by atoms with Crippen LogP contribution in [-0.4, -0.2) is 23.2 Å². The van der Waals surface area contributed by atoms with Gasteiger partial charge >= 0.3 is 12.1 Å². The molecule has 17 heavy (non-hydrogen) atoms. The van der Waals surface area contributed by atoms with Gasteiger partial charge in [-0.2, -0.15) is 0 Å². The van der Waals surface area contributed by atoms with Crippen molar-refractivity contribution in [1.29, 1.82) is 0 Å². The summed E-state index contributed by atoms with van der Waals surface area (Å²) in [5.74, 6) is -0.759. The van der Waals surface area contributed by atoms with Crippen LogP contribution < -0.4 is 5.32 Å². The predicted molar refractivity (Wildman–Crippen MR) is 62.4 cm³/mol. The normalized spacial score (nSPS) is 18.2. The smallest absolute Gasteiger partial charge is 0.412 e. The number of rotatable bonds is 4. The Morgan fingerprint density at radius 3 is 2.41 bits per heavy atom. The zero-order valence-electron chi connectivity index (χ0n) is 10.1. The Balaban J connectivity index is 2.56. The highest BCUT2D eigenvalue weighted by Gasteiger charge is 2.31. The van der Waals surface area contributed by atoms with Crippen LogP contribution in [0, 0.1) is 5.92 Å². The van der Waals surface area contributed by atoms with Gasteiger partial charge in [0, 0.05) is 0 Å². The van der Waals surface area contributed by atoms with Gasteiger partial charge in [0.05, 0.1) is 5.76 Å². The van der Waals surface area contributed by atoms with E-state index in [1.807, 2.05) is 0 Å². The Kier molecular flexibility index (Phi) is 5.00. The van der Waals surface area contributed by atoms with Crippen molar-refractivity contribution in [2.75, 3.05) is 0 Å². The molecule has 0 heterocycles. The molecule has 1 aliphatic rings. The van der Waals surface area contributed by atoms with Crippen molar-refractivity contribution in [3.63, 3.8) is 0 Å². The number of carbonyl (C=O) groups excluding carboxylic acids is 1. The summed E-state index contributed by atoms with van der Waals surface area (Å²) in [5, 5.41) is 11.5. The van der Waals surface area contributed by atoms with Crippen LogP contribution in [0.1, 0.15) is 39.0 Å². The first-order chi connectivity index (χ1) is 8.00. The third kappa shape index (κ3) is 4.46. The Labute approximate surface area is 101 Å². The lowest BCUT2D eigenvalue weighted by Gasteiger charge is -2.27. The second-order valence-electron chi connectivity index (χ2n) is 4.45. The van der Waals surface area contributed by atoms with Crippen LogP contribution in [0.3, 0.4) is 0 Å². The predicted octanol–water partition coefficient (Wildman–Crippen LogP) is 2.28. The molecule has 0 aromatic heterocycles. The third-order valence-electron chi connectivity index (χ3n) is 2.93. The number of nitrogens with one attached hydrogen (secondary N) is 1. The summed E-state index contributed by atoms with van der Waals surface area (Å²) in [6.07, 6.45) is 4.11. The average Bonchev–Trinajstić information content (AvgIpc) is 2.25. The van der Waals surface area contributed by atoms with Gasteiger partial charge in [0.15, 0.2) is 0 Å². The van der Waals surface area contributed by atoms with Crippen molar-refractivity contribution in [2.45, 2.75) is 45.1 Å². The molecule has 2 N–H and O–H groups in total. The van der Waals surface area contributed by atoms with Gasteiger partial charge in [-0.05, 0) is 25.7 Å². The lowest BCUT2D eigenvalue weighted by atomic mass is 9.84. The number of hydrogen-bond acceptors (Lipinski definition) is 3. The summed E-state index contributed by atoms with van der Waals surface area (Å²) in [6, 6.07) is -0.859. The van der Waals surface area contributed by atoms with Gasteiger partial charge in [0.25, 0.3) is 0 Å². The molecule has 0 aromatic carbocycles. The fourth-order valence-corrected chi connectivity index (χ4v) is 2.16. The maximum Gasteiger partial charge on any atom is 0.412 e. The number of ether oxygens (including phenoxy) is 1. The van der Waals surface area contributed by atoms with Crippen molar-refractivity contribution in [2.24, 2.45) is 5.92 Å². The molecule has 0 spiro atoms. The van der Waals surface area contributed by atoms with Gasteiger partial charge in [-0.3, -0.25) is 0 Å². The van der Waals surface area contributed by atoms with Crippen LogP contribution >= 0.6 is 0 Å². The minimum Gasteiger partial charge on any atom is -0.480 e. The Hall–Kier alpha value is -1.52. The molecule has 1 atom stereocenters. The molecule has 1 saturated carbocycles. The van der Waals surface area contributed by atoms with E-state index in [1.54, 1.807) is 0 Å². The van der Waals surface area contributed by atoms with Gasteiger partial charge in [-0.25, -0.2) is 9.59 Å². The fraction of sp³-hybridized carbons (Fsp3) is 0.667. The third-order valence-corrected chi connectivity index (χ3v) is 2.93. The van der Waals surface area contributed by atoms with Crippen molar-refractivity contribution < 1.29 is 19.4 Å². The second-order valence-corrected chi connectivity index (χ2v) is 4.45. The molecule has 1 fully saturated rings. The van der Waals surface area contributed by atoms with Crippen LogP contribution in [-0.2, 0) is 9.53 Å². The molecule has 1 rings (SSSR count). The Morgan fingerprint density at radius 1 is 1.35 bits per heavy atom. The maximum atomic E-state index is 11.4. The minimum absolute atomic E-state index is 0.000999. The maximum absolute atomic E-state index is 11.4. The number of amides is 1. The van der Waals surface area contributed by atoms with E-state index in [1.165, 1.54) is 6.92 Å². The van der Waals surface area contributed by atoms with E-state index in [9.17, 15) is 9.59 Å². The van der Waals surface area contributed by atoms with Crippen molar-refractivity contribution in [1.82, 2.24) is 5.32 Å². The lowest BCUT2D eigenvalue weighted by Crippen LogP contribution is -2.46. The fourth-order valence-electron chi connectivity index (χ4n) is 2.16. The van der Waals surface area contributed by atoms with Crippen LogP contribution in [0.4, 0.5) is 4.79 Å². The van der Waals surface area contributed by atoms with Gasteiger partial charge in [0.2, 0.25) is 0 Å². The SMILES string of the molecule is C=C(C)OC(=O)NC(C(=O)O)C1CCCCC1. The highest BCUT2D eigenvalue weighted by molar-refractivity contribution is 5.80. The van der Waals surface area contributed by atoms with Crippen molar-refractivity contribution in [3.8, 4) is 0 Å². The zero-order chi connectivity index (χ0) is 12.8. The van der Waals surface area contributed by atoms with Crippen LogP contribution in [0.15, 0.2) is 12.3 Å². The van der Waals surface area contributed by atoms with E-state index in [0.29, 0.717) is 0 Å². The lowest BCUT2D eigenvalue weighted by molar-refractivity contribution is -0.141. The topological polar surface area (TPSA) is 75.6 Å². The molecule has 0 aromatic rings. The molecule has 5 heteroatoms. The molecule has 1 unspecified atom stereocenters. The van der Waals surface area contributed by atoms with Gasteiger partial charge in [-0.1, -0.05) is 25.8 Å². The zero-order valence-corrected chi connectivity index (χ0v) is 10.1. The van der Waals surface area contributed by atoms with Crippen molar-refractivity contribution >= 4 is 12.1 Å². The molecule has 1 amide bonds. The largest absolute Gasteiger partial charge is 0.480 e. The molecule has 0 aliphatic heterocycles. The van der Waals surface area contributed by atoms with Gasteiger partial charge < -0.3 is 15.2 Å². The molecule has 0 radical (unpaired) electrons. The Bertz CT molecular complexity index is 308. The quantitative estimate of drug-likeness (QED) is 0.740. The number of aliphatic carboxylic acids is 1. The van der Waals surface area contributed by atoms with Crippen LogP contribution in [0.25, 0.3) is 0 Å². The van der Waals surface area contributed by atoms with Gasteiger partial charge in [-0.15, -0.1) is 0 Å². The van der Waals surface area contributed by atoms with E-state index in [4.69, 9.17) is 9.84 Å². The number of hydrogen-bond donors (Lipinski definition) is 2. The first-order valence-electron chi connectivity index (χ1n) is 5.87. The summed E-state index contributed by atoms with van der Waals surface area (Å²) in [7, 11) is 0. The highest BCUT2D eigenvalue weighted by atomic mass is 16.6. The summed E-state index contributed by atoms with van der Waals surface area (Å²) < 4.78 is 4.71. The molecule has 5 nitrogen and oxygen atoms in total. The molecule has 0 bridgehead atoms. The number of carboxylic acid groups (broad SMARTS) is 1. The molecule has 96 valence electrons. The number of allylic oxidation sites excluding steroid dienone is 1. The number of carboxylic acids is 1. The summed E-state index contributed by atoms with van der Waals surface area (Å²) in [4.78, 5) is 22.5. The van der Waals surface area contributed by atoms with E-state index in [0.717, 1.165) is 32.1 Å². The van der Waals surface area contributed by atoms with E-state index in [-0.39, 0.29) is 11.7 Å². The molecule has 0 saturated heterocycles. The first kappa shape index (κ1) is 13.5. The summed E-state index contributed by atoms with van der Waals surface area (Å²) in [5.41, 5.74) is 0. The average molecular weight is 241 g/mol. The monoisotopic (exact) mass is 241 g/mol. The van der Waals surface area contributed by atoms with Gasteiger partial charge in [0.1, 0.15) is 6.04 Å². The first-order valence-corrected chi connectivity index (χ1v) is 5.87. The number of alkyl carbamates (subject to hydrolysis) is 1. The summed E-state index contributed by atoms with van der Waals surface area (Å²) >= 11 is 0. The van der Waals surface area contributed by atoms with E-state index < -0.39 is 18.1 Å². The molecular weight excluding hydrogens is 222 g/mol. The minimum atomic E-state index is -1.00. The van der Waals surface area contributed by atoms with Crippen molar-refractivity contribution in [3.05, 3.63) is 12.3 Å². The van der Waals surface area contributed by atoms with E-state index >= 15 is 0 Å². The number of carbonyl (C=O) groups is 2. The van der Waals surface area contributed by atoms with Crippen LogP contribution in [0.2, 0.25) is 0 Å². The second kappa shape index (κ2) is 6.27.